The standard InChI is InChI=1S/C19H16N4O2S3/c24-14(21-19-20-11-6-2-4-8-13(11)28-19)9-26-18-22-16(25)15-10-5-1-3-7-12(10)27-17(15)23-18/h2,4,6,8H,1,3,5,7,9H2,(H,20,21,24)(H,22,23,25). The van der Waals surface area contributed by atoms with Gasteiger partial charge in [-0.2, -0.15) is 0 Å². The minimum atomic E-state index is -0.169. The zero-order valence-electron chi connectivity index (χ0n) is 14.8. The first-order valence-corrected chi connectivity index (χ1v) is 11.6. The number of thiazole rings is 1. The lowest BCUT2D eigenvalue weighted by atomic mass is 9.97. The van der Waals surface area contributed by atoms with Crippen molar-refractivity contribution in [3.63, 3.8) is 0 Å². The predicted molar refractivity (Wildman–Crippen MR) is 116 cm³/mol. The number of carbonyl (C=O) groups excluding carboxylic acids is 1. The summed E-state index contributed by atoms with van der Waals surface area (Å²) in [6, 6.07) is 7.76. The van der Waals surface area contributed by atoms with Crippen LogP contribution in [0.3, 0.4) is 0 Å². The summed E-state index contributed by atoms with van der Waals surface area (Å²) < 4.78 is 1.03. The first-order chi connectivity index (χ1) is 13.7. The van der Waals surface area contributed by atoms with Crippen LogP contribution in [0.25, 0.3) is 20.4 Å². The number of amides is 1. The average molecular weight is 429 g/mol. The van der Waals surface area contributed by atoms with Gasteiger partial charge in [0.05, 0.1) is 21.4 Å². The van der Waals surface area contributed by atoms with E-state index in [0.29, 0.717) is 10.3 Å². The van der Waals surface area contributed by atoms with Crippen molar-refractivity contribution in [1.82, 2.24) is 15.0 Å². The van der Waals surface area contributed by atoms with Gasteiger partial charge in [-0.3, -0.25) is 9.59 Å². The number of nitrogens with one attached hydrogen (secondary N) is 2. The van der Waals surface area contributed by atoms with E-state index in [1.165, 1.54) is 40.0 Å². The van der Waals surface area contributed by atoms with Gasteiger partial charge in [0.1, 0.15) is 4.83 Å². The van der Waals surface area contributed by atoms with Crippen LogP contribution in [0.2, 0.25) is 0 Å². The van der Waals surface area contributed by atoms with Gasteiger partial charge in [0.2, 0.25) is 5.91 Å². The molecule has 6 nitrogen and oxygen atoms in total. The van der Waals surface area contributed by atoms with Crippen LogP contribution in [0.5, 0.6) is 0 Å². The van der Waals surface area contributed by atoms with Gasteiger partial charge in [-0.05, 0) is 43.4 Å². The minimum absolute atomic E-state index is 0.0986. The number of rotatable bonds is 4. The fourth-order valence-corrected chi connectivity index (χ4v) is 6.29. The molecule has 0 aliphatic heterocycles. The van der Waals surface area contributed by atoms with E-state index >= 15 is 0 Å². The third-order valence-electron chi connectivity index (χ3n) is 4.68. The van der Waals surface area contributed by atoms with Gasteiger partial charge in [-0.15, -0.1) is 11.3 Å². The Kier molecular flexibility index (Phi) is 4.65. The molecular weight excluding hydrogens is 412 g/mol. The maximum atomic E-state index is 12.6. The number of aryl methyl sites for hydroxylation is 2. The zero-order valence-corrected chi connectivity index (χ0v) is 17.2. The molecule has 0 fully saturated rings. The molecule has 28 heavy (non-hydrogen) atoms. The molecule has 1 aromatic carbocycles. The van der Waals surface area contributed by atoms with E-state index in [-0.39, 0.29) is 17.2 Å². The number of aromatic amines is 1. The summed E-state index contributed by atoms with van der Waals surface area (Å²) in [5.74, 6) is -0.00702. The largest absolute Gasteiger partial charge is 0.301 e. The number of fused-ring (bicyclic) bond motifs is 4. The van der Waals surface area contributed by atoms with Crippen LogP contribution >= 0.6 is 34.4 Å². The number of aromatic nitrogens is 3. The molecule has 0 bridgehead atoms. The van der Waals surface area contributed by atoms with Crippen molar-refractivity contribution in [2.75, 3.05) is 11.1 Å². The molecule has 0 atom stereocenters. The summed E-state index contributed by atoms with van der Waals surface area (Å²) in [6.45, 7) is 0. The molecule has 3 aromatic heterocycles. The molecule has 0 saturated heterocycles. The molecule has 142 valence electrons. The quantitative estimate of drug-likeness (QED) is 0.376. The molecule has 0 radical (unpaired) electrons. The number of H-pyrrole nitrogens is 1. The van der Waals surface area contributed by atoms with Crippen molar-refractivity contribution in [1.29, 1.82) is 0 Å². The lowest BCUT2D eigenvalue weighted by Crippen LogP contribution is -2.15. The highest BCUT2D eigenvalue weighted by Gasteiger charge is 2.20. The van der Waals surface area contributed by atoms with Crippen LogP contribution < -0.4 is 10.9 Å². The fourth-order valence-electron chi connectivity index (χ4n) is 3.43. The minimum Gasteiger partial charge on any atom is -0.301 e. The number of thiophene rings is 1. The van der Waals surface area contributed by atoms with Gasteiger partial charge < -0.3 is 10.3 Å². The Bertz CT molecular complexity index is 1220. The number of anilines is 1. The van der Waals surface area contributed by atoms with Crippen molar-refractivity contribution in [3.8, 4) is 0 Å². The number of carbonyl (C=O) groups is 1. The summed E-state index contributed by atoms with van der Waals surface area (Å²) in [5.41, 5.74) is 1.94. The van der Waals surface area contributed by atoms with Crippen LogP contribution in [-0.4, -0.2) is 26.6 Å². The van der Waals surface area contributed by atoms with E-state index in [9.17, 15) is 9.59 Å². The van der Waals surface area contributed by atoms with Crippen molar-refractivity contribution >= 4 is 65.9 Å². The average Bonchev–Trinajstić information content (AvgIpc) is 3.26. The van der Waals surface area contributed by atoms with E-state index in [2.05, 4.69) is 20.3 Å². The molecule has 3 heterocycles. The number of nitrogens with zero attached hydrogens (tertiary/aromatic N) is 2. The molecule has 0 unspecified atom stereocenters. The Morgan fingerprint density at radius 3 is 2.93 bits per heavy atom. The summed E-state index contributed by atoms with van der Waals surface area (Å²) >= 11 is 4.29. The van der Waals surface area contributed by atoms with Crippen LogP contribution in [-0.2, 0) is 17.6 Å². The van der Waals surface area contributed by atoms with E-state index in [1.54, 1.807) is 11.3 Å². The third kappa shape index (κ3) is 3.34. The SMILES string of the molecule is O=C(CSc1nc2sc3c(c2c(=O)[nH]1)CCCC3)Nc1nc2ccccc2s1. The van der Waals surface area contributed by atoms with E-state index in [1.807, 2.05) is 24.3 Å². The van der Waals surface area contributed by atoms with Crippen LogP contribution in [0, 0.1) is 0 Å². The van der Waals surface area contributed by atoms with Gasteiger partial charge in [0.15, 0.2) is 10.3 Å². The molecule has 5 rings (SSSR count). The van der Waals surface area contributed by atoms with E-state index in [4.69, 9.17) is 0 Å². The Hall–Kier alpha value is -2.23. The van der Waals surface area contributed by atoms with Crippen LogP contribution in [0.4, 0.5) is 5.13 Å². The number of benzene rings is 1. The van der Waals surface area contributed by atoms with Gasteiger partial charge >= 0.3 is 0 Å². The summed E-state index contributed by atoms with van der Waals surface area (Å²) in [5, 5.41) is 4.62. The summed E-state index contributed by atoms with van der Waals surface area (Å²) in [6.07, 6.45) is 4.28. The van der Waals surface area contributed by atoms with Crippen LogP contribution in [0.15, 0.2) is 34.2 Å². The second-order valence-electron chi connectivity index (χ2n) is 6.59. The maximum absolute atomic E-state index is 12.6. The molecule has 1 amide bonds. The Morgan fingerprint density at radius 1 is 1.18 bits per heavy atom. The first kappa shape index (κ1) is 17.8. The monoisotopic (exact) mass is 428 g/mol. The van der Waals surface area contributed by atoms with Crippen LogP contribution in [0.1, 0.15) is 23.3 Å². The highest BCUT2D eigenvalue weighted by Crippen LogP contribution is 2.34. The van der Waals surface area contributed by atoms with Crippen molar-refractivity contribution in [3.05, 3.63) is 45.1 Å². The molecule has 1 aliphatic rings. The molecule has 4 aromatic rings. The number of hydrogen-bond acceptors (Lipinski definition) is 7. The van der Waals surface area contributed by atoms with E-state index < -0.39 is 0 Å². The smallest absolute Gasteiger partial charge is 0.260 e. The van der Waals surface area contributed by atoms with Gasteiger partial charge in [-0.1, -0.05) is 35.2 Å². The third-order valence-corrected chi connectivity index (χ3v) is 7.69. The Labute approximate surface area is 172 Å². The normalized spacial score (nSPS) is 13.7. The lowest BCUT2D eigenvalue weighted by Gasteiger charge is -2.09. The van der Waals surface area contributed by atoms with Crippen molar-refractivity contribution in [2.45, 2.75) is 30.8 Å². The second-order valence-corrected chi connectivity index (χ2v) is 9.66. The predicted octanol–water partition coefficient (Wildman–Crippen LogP) is 4.20. The molecule has 2 N–H and O–H groups in total. The zero-order chi connectivity index (χ0) is 19.1. The highest BCUT2D eigenvalue weighted by atomic mass is 32.2. The summed E-state index contributed by atoms with van der Waals surface area (Å²) in [4.78, 5) is 38.7. The lowest BCUT2D eigenvalue weighted by molar-refractivity contribution is -0.113. The second kappa shape index (κ2) is 7.31. The van der Waals surface area contributed by atoms with E-state index in [0.717, 1.165) is 39.7 Å². The molecule has 0 saturated carbocycles. The topological polar surface area (TPSA) is 87.7 Å². The van der Waals surface area contributed by atoms with Gasteiger partial charge in [-0.25, -0.2) is 9.97 Å². The Morgan fingerprint density at radius 2 is 2.04 bits per heavy atom. The van der Waals surface area contributed by atoms with Gasteiger partial charge in [0, 0.05) is 4.88 Å². The Balaban J connectivity index is 1.31. The number of hydrogen-bond donors (Lipinski definition) is 2. The van der Waals surface area contributed by atoms with Crippen molar-refractivity contribution in [2.24, 2.45) is 0 Å². The van der Waals surface area contributed by atoms with Crippen molar-refractivity contribution < 1.29 is 4.79 Å². The number of para-hydroxylation sites is 1. The maximum Gasteiger partial charge on any atom is 0.260 e. The number of thioether (sulfide) groups is 1. The molecule has 9 heteroatoms. The molecule has 0 spiro atoms. The molecular formula is C19H16N4O2S3. The fraction of sp³-hybridized carbons (Fsp3) is 0.263. The molecule has 1 aliphatic carbocycles. The summed E-state index contributed by atoms with van der Waals surface area (Å²) in [7, 11) is 0. The first-order valence-electron chi connectivity index (χ1n) is 9.00. The highest BCUT2D eigenvalue weighted by molar-refractivity contribution is 7.99. The van der Waals surface area contributed by atoms with Gasteiger partial charge in [0.25, 0.3) is 5.56 Å².